The SMILES string of the molecule is CC(N)CCS.Cl. The highest BCUT2D eigenvalue weighted by Crippen LogP contribution is 1.85. The van der Waals surface area contributed by atoms with Gasteiger partial charge in [-0.2, -0.15) is 12.6 Å². The molecule has 0 saturated heterocycles. The van der Waals surface area contributed by atoms with Crippen molar-refractivity contribution in [2.45, 2.75) is 19.4 Å². The van der Waals surface area contributed by atoms with E-state index in [4.69, 9.17) is 5.73 Å². The van der Waals surface area contributed by atoms with Crippen LogP contribution in [-0.2, 0) is 0 Å². The molecule has 0 heterocycles. The Kier molecular flexibility index (Phi) is 9.95. The summed E-state index contributed by atoms with van der Waals surface area (Å²) in [6.07, 6.45) is 1.02. The van der Waals surface area contributed by atoms with E-state index in [1.165, 1.54) is 0 Å². The average Bonchev–Trinajstić information content (AvgIpc) is 1.35. The van der Waals surface area contributed by atoms with Crippen molar-refractivity contribution in [2.24, 2.45) is 5.73 Å². The molecule has 0 aromatic rings. The number of hydrogen-bond acceptors (Lipinski definition) is 2. The van der Waals surface area contributed by atoms with E-state index in [9.17, 15) is 0 Å². The molecule has 0 rings (SSSR count). The molecule has 0 amide bonds. The van der Waals surface area contributed by atoms with E-state index < -0.39 is 0 Å². The molecule has 3 heteroatoms. The molecule has 0 spiro atoms. The zero-order chi connectivity index (χ0) is 4.99. The molecule has 0 fully saturated rings. The summed E-state index contributed by atoms with van der Waals surface area (Å²) in [6.45, 7) is 1.98. The molecule has 0 aromatic heterocycles. The monoisotopic (exact) mass is 141 g/mol. The lowest BCUT2D eigenvalue weighted by Gasteiger charge is -1.96. The molecular weight excluding hydrogens is 130 g/mol. The Morgan fingerprint density at radius 3 is 2.14 bits per heavy atom. The summed E-state index contributed by atoms with van der Waals surface area (Å²) in [6, 6.07) is 0.322. The minimum Gasteiger partial charge on any atom is -0.328 e. The first-order valence-corrected chi connectivity index (χ1v) is 2.77. The van der Waals surface area contributed by atoms with E-state index >= 15 is 0 Å². The maximum atomic E-state index is 5.35. The number of nitrogens with two attached hydrogens (primary N) is 1. The molecule has 0 radical (unpaired) electrons. The van der Waals surface area contributed by atoms with E-state index in [1.807, 2.05) is 6.92 Å². The van der Waals surface area contributed by atoms with Crippen LogP contribution in [-0.4, -0.2) is 11.8 Å². The Morgan fingerprint density at radius 1 is 1.71 bits per heavy atom. The van der Waals surface area contributed by atoms with Crippen LogP contribution < -0.4 is 5.73 Å². The van der Waals surface area contributed by atoms with Crippen molar-refractivity contribution in [1.29, 1.82) is 0 Å². The molecule has 0 aromatic carbocycles. The van der Waals surface area contributed by atoms with Crippen LogP contribution in [0.15, 0.2) is 0 Å². The molecule has 0 aliphatic carbocycles. The lowest BCUT2D eigenvalue weighted by Crippen LogP contribution is -2.14. The van der Waals surface area contributed by atoms with E-state index in [1.54, 1.807) is 0 Å². The van der Waals surface area contributed by atoms with Crippen LogP contribution in [0.1, 0.15) is 13.3 Å². The van der Waals surface area contributed by atoms with Crippen molar-refractivity contribution in [3.05, 3.63) is 0 Å². The van der Waals surface area contributed by atoms with Crippen molar-refractivity contribution in [1.82, 2.24) is 0 Å². The number of hydrogen-bond donors (Lipinski definition) is 2. The number of halogens is 1. The lowest BCUT2D eigenvalue weighted by molar-refractivity contribution is 0.722. The molecule has 1 nitrogen and oxygen atoms in total. The van der Waals surface area contributed by atoms with Crippen molar-refractivity contribution in [3.63, 3.8) is 0 Å². The average molecular weight is 142 g/mol. The maximum Gasteiger partial charge on any atom is 0.00182 e. The predicted octanol–water partition coefficient (Wildman–Crippen LogP) is 1.08. The van der Waals surface area contributed by atoms with E-state index in [0.717, 1.165) is 12.2 Å². The number of thiol groups is 1. The first kappa shape index (κ1) is 10.6. The second-order valence-corrected chi connectivity index (χ2v) is 1.94. The molecule has 1 atom stereocenters. The Hall–Kier alpha value is 0.600. The van der Waals surface area contributed by atoms with Crippen molar-refractivity contribution in [3.8, 4) is 0 Å². The molecule has 2 N–H and O–H groups in total. The summed E-state index contributed by atoms with van der Waals surface area (Å²) < 4.78 is 0. The third-order valence-corrected chi connectivity index (χ3v) is 0.843. The summed E-state index contributed by atoms with van der Waals surface area (Å²) in [5.41, 5.74) is 5.35. The third-order valence-electron chi connectivity index (χ3n) is 0.584. The molecule has 0 saturated carbocycles. The lowest BCUT2D eigenvalue weighted by atomic mass is 10.3. The molecule has 0 aliphatic rings. The van der Waals surface area contributed by atoms with Crippen molar-refractivity contribution >= 4 is 25.0 Å². The molecule has 1 unspecified atom stereocenters. The van der Waals surface area contributed by atoms with Gasteiger partial charge >= 0.3 is 0 Å². The highest BCUT2D eigenvalue weighted by molar-refractivity contribution is 7.80. The summed E-state index contributed by atoms with van der Waals surface area (Å²) in [7, 11) is 0. The summed E-state index contributed by atoms with van der Waals surface area (Å²) in [4.78, 5) is 0. The zero-order valence-electron chi connectivity index (χ0n) is 4.42. The van der Waals surface area contributed by atoms with E-state index in [-0.39, 0.29) is 12.4 Å². The fraction of sp³-hybridized carbons (Fsp3) is 1.00. The van der Waals surface area contributed by atoms with Gasteiger partial charge in [-0.05, 0) is 19.1 Å². The molecule has 0 bridgehead atoms. The normalized spacial score (nSPS) is 12.4. The standard InChI is InChI=1S/C4H11NS.ClH/c1-4(5)2-3-6;/h4,6H,2-3,5H2,1H3;1H. The van der Waals surface area contributed by atoms with Gasteiger partial charge in [-0.1, -0.05) is 0 Å². The van der Waals surface area contributed by atoms with Crippen molar-refractivity contribution < 1.29 is 0 Å². The molecule has 0 aliphatic heterocycles. The van der Waals surface area contributed by atoms with Gasteiger partial charge in [0.15, 0.2) is 0 Å². The Labute approximate surface area is 56.5 Å². The van der Waals surface area contributed by atoms with E-state index in [0.29, 0.717) is 6.04 Å². The Balaban J connectivity index is 0. The fourth-order valence-electron chi connectivity index (χ4n) is 0.204. The van der Waals surface area contributed by atoms with Gasteiger partial charge < -0.3 is 5.73 Å². The van der Waals surface area contributed by atoms with Gasteiger partial charge in [0, 0.05) is 6.04 Å². The summed E-state index contributed by atoms with van der Waals surface area (Å²) >= 11 is 3.98. The van der Waals surface area contributed by atoms with Gasteiger partial charge in [0.1, 0.15) is 0 Å². The van der Waals surface area contributed by atoms with Gasteiger partial charge in [-0.3, -0.25) is 0 Å². The first-order chi connectivity index (χ1) is 2.77. The number of rotatable bonds is 2. The quantitative estimate of drug-likeness (QED) is 0.553. The second-order valence-electron chi connectivity index (χ2n) is 1.49. The van der Waals surface area contributed by atoms with Crippen LogP contribution in [0.5, 0.6) is 0 Å². The summed E-state index contributed by atoms with van der Waals surface area (Å²) in [5, 5.41) is 0. The minimum atomic E-state index is 0. The Morgan fingerprint density at radius 2 is 2.14 bits per heavy atom. The molecule has 7 heavy (non-hydrogen) atoms. The predicted molar refractivity (Wildman–Crippen MR) is 39.4 cm³/mol. The minimum absolute atomic E-state index is 0. The van der Waals surface area contributed by atoms with Gasteiger partial charge in [0.2, 0.25) is 0 Å². The smallest absolute Gasteiger partial charge is 0.00182 e. The zero-order valence-corrected chi connectivity index (χ0v) is 6.14. The van der Waals surface area contributed by atoms with E-state index in [2.05, 4.69) is 12.6 Å². The Bertz CT molecular complexity index is 32.9. The van der Waals surface area contributed by atoms with Gasteiger partial charge in [-0.25, -0.2) is 0 Å². The molecule has 46 valence electrons. The summed E-state index contributed by atoms with van der Waals surface area (Å²) in [5.74, 6) is 0.900. The first-order valence-electron chi connectivity index (χ1n) is 2.14. The molecular formula is C4H12ClNS. The second kappa shape index (κ2) is 6.60. The third kappa shape index (κ3) is 10.8. The van der Waals surface area contributed by atoms with Crippen LogP contribution in [0.3, 0.4) is 0 Å². The topological polar surface area (TPSA) is 26.0 Å². The van der Waals surface area contributed by atoms with Crippen molar-refractivity contribution in [2.75, 3.05) is 5.75 Å². The van der Waals surface area contributed by atoms with Gasteiger partial charge in [-0.15, -0.1) is 12.4 Å². The van der Waals surface area contributed by atoms with Gasteiger partial charge in [0.25, 0.3) is 0 Å². The van der Waals surface area contributed by atoms with Crippen LogP contribution >= 0.6 is 25.0 Å². The van der Waals surface area contributed by atoms with Crippen LogP contribution in [0, 0.1) is 0 Å². The van der Waals surface area contributed by atoms with Crippen LogP contribution in [0.4, 0.5) is 0 Å². The fourth-order valence-corrected chi connectivity index (χ4v) is 0.611. The van der Waals surface area contributed by atoms with Gasteiger partial charge in [0.05, 0.1) is 0 Å². The van der Waals surface area contributed by atoms with Crippen LogP contribution in [0.25, 0.3) is 0 Å². The largest absolute Gasteiger partial charge is 0.328 e. The van der Waals surface area contributed by atoms with Crippen LogP contribution in [0.2, 0.25) is 0 Å². The maximum absolute atomic E-state index is 5.35. The highest BCUT2D eigenvalue weighted by atomic mass is 35.5. The highest BCUT2D eigenvalue weighted by Gasteiger charge is 1.86.